The molecule has 3 nitrogen and oxygen atoms in total. The van der Waals surface area contributed by atoms with Gasteiger partial charge in [0.2, 0.25) is 0 Å². The summed E-state index contributed by atoms with van der Waals surface area (Å²) in [6.45, 7) is 4.27. The van der Waals surface area contributed by atoms with Crippen molar-refractivity contribution in [3.05, 3.63) is 36.0 Å². The predicted molar refractivity (Wildman–Crippen MR) is 90.2 cm³/mol. The fraction of sp³-hybridized carbons (Fsp3) is 0.579. The molecule has 22 heavy (non-hydrogen) atoms. The standard InChI is InChI=1S/C19H26N2O/c1-20(9-5-15-7-11-22-12-8-15)18-13-17-4-2-3-16-6-10-21(14-18)19(16)17/h2-4,6,10,15,18H,5,7-9,11-14H2,1H3/t18-/m1/s1. The highest BCUT2D eigenvalue weighted by Gasteiger charge is 2.24. The number of para-hydroxylation sites is 1. The first-order valence-corrected chi connectivity index (χ1v) is 8.66. The lowest BCUT2D eigenvalue weighted by molar-refractivity contribution is 0.0589. The van der Waals surface area contributed by atoms with Gasteiger partial charge in [-0.05, 0) is 62.2 Å². The quantitative estimate of drug-likeness (QED) is 0.861. The van der Waals surface area contributed by atoms with Gasteiger partial charge in [-0.25, -0.2) is 0 Å². The monoisotopic (exact) mass is 298 g/mol. The molecule has 0 radical (unpaired) electrons. The van der Waals surface area contributed by atoms with Crippen LogP contribution < -0.4 is 0 Å². The van der Waals surface area contributed by atoms with Crippen LogP contribution in [0.5, 0.6) is 0 Å². The van der Waals surface area contributed by atoms with Crippen LogP contribution in [0.2, 0.25) is 0 Å². The Labute approximate surface area is 132 Å². The van der Waals surface area contributed by atoms with Crippen molar-refractivity contribution in [3.8, 4) is 0 Å². The van der Waals surface area contributed by atoms with E-state index < -0.39 is 0 Å². The molecule has 0 bridgehead atoms. The minimum atomic E-state index is 0.630. The van der Waals surface area contributed by atoms with Crippen LogP contribution >= 0.6 is 0 Å². The van der Waals surface area contributed by atoms with Crippen LogP contribution in [-0.4, -0.2) is 42.3 Å². The summed E-state index contributed by atoms with van der Waals surface area (Å²) in [4.78, 5) is 2.58. The van der Waals surface area contributed by atoms with Gasteiger partial charge in [-0.3, -0.25) is 0 Å². The molecule has 1 atom stereocenters. The third kappa shape index (κ3) is 2.68. The zero-order valence-corrected chi connectivity index (χ0v) is 13.5. The van der Waals surface area contributed by atoms with Gasteiger partial charge in [0.1, 0.15) is 0 Å². The Morgan fingerprint density at radius 2 is 2.09 bits per heavy atom. The van der Waals surface area contributed by atoms with Gasteiger partial charge in [-0.15, -0.1) is 0 Å². The van der Waals surface area contributed by atoms with Gasteiger partial charge in [-0.1, -0.05) is 18.2 Å². The van der Waals surface area contributed by atoms with Crippen LogP contribution in [-0.2, 0) is 17.7 Å². The second-order valence-electron chi connectivity index (χ2n) is 7.01. The molecule has 2 aromatic rings. The summed E-state index contributed by atoms with van der Waals surface area (Å²) in [6, 6.07) is 9.61. The molecule has 1 aromatic heterocycles. The molecular weight excluding hydrogens is 272 g/mol. The van der Waals surface area contributed by atoms with E-state index in [0.29, 0.717) is 6.04 Å². The van der Waals surface area contributed by atoms with Crippen LogP contribution in [0.4, 0.5) is 0 Å². The molecule has 2 aliphatic heterocycles. The fourth-order valence-corrected chi connectivity index (χ4v) is 4.10. The molecule has 0 amide bonds. The van der Waals surface area contributed by atoms with Crippen LogP contribution in [0.25, 0.3) is 10.9 Å². The second kappa shape index (κ2) is 6.05. The largest absolute Gasteiger partial charge is 0.381 e. The summed E-state index contributed by atoms with van der Waals surface area (Å²) in [7, 11) is 2.30. The smallest absolute Gasteiger partial charge is 0.0513 e. The van der Waals surface area contributed by atoms with Crippen LogP contribution in [0.3, 0.4) is 0 Å². The second-order valence-corrected chi connectivity index (χ2v) is 7.01. The Bertz CT molecular complexity index is 642. The maximum atomic E-state index is 5.47. The Balaban J connectivity index is 1.41. The highest BCUT2D eigenvalue weighted by Crippen LogP contribution is 2.28. The Morgan fingerprint density at radius 1 is 1.23 bits per heavy atom. The number of aromatic nitrogens is 1. The molecule has 1 fully saturated rings. The minimum absolute atomic E-state index is 0.630. The van der Waals surface area contributed by atoms with E-state index in [9.17, 15) is 0 Å². The maximum Gasteiger partial charge on any atom is 0.0513 e. The van der Waals surface area contributed by atoms with E-state index in [1.807, 2.05) is 0 Å². The van der Waals surface area contributed by atoms with Crippen molar-refractivity contribution in [2.24, 2.45) is 5.92 Å². The van der Waals surface area contributed by atoms with Crippen molar-refractivity contribution in [3.63, 3.8) is 0 Å². The third-order valence-corrected chi connectivity index (χ3v) is 5.59. The van der Waals surface area contributed by atoms with Crippen LogP contribution in [0, 0.1) is 5.92 Å². The van der Waals surface area contributed by atoms with Crippen LogP contribution in [0.1, 0.15) is 24.8 Å². The van der Waals surface area contributed by atoms with E-state index in [4.69, 9.17) is 4.74 Å². The lowest BCUT2D eigenvalue weighted by atomic mass is 9.95. The van der Waals surface area contributed by atoms with E-state index in [0.717, 1.165) is 25.7 Å². The number of hydrogen-bond donors (Lipinski definition) is 0. The average Bonchev–Trinajstić information content (AvgIpc) is 2.98. The molecule has 0 aliphatic carbocycles. The number of hydrogen-bond acceptors (Lipinski definition) is 2. The summed E-state index contributed by atoms with van der Waals surface area (Å²) in [5.41, 5.74) is 2.97. The van der Waals surface area contributed by atoms with E-state index in [1.54, 1.807) is 0 Å². The summed E-state index contributed by atoms with van der Waals surface area (Å²) in [5.74, 6) is 0.866. The van der Waals surface area contributed by atoms with Crippen molar-refractivity contribution in [2.75, 3.05) is 26.8 Å². The maximum absolute atomic E-state index is 5.47. The SMILES string of the molecule is CN(CCC1CCOCC1)[C@@H]1Cc2cccc3ccn(c23)C1. The highest BCUT2D eigenvalue weighted by atomic mass is 16.5. The zero-order chi connectivity index (χ0) is 14.9. The Kier molecular flexibility index (Phi) is 3.93. The Hall–Kier alpha value is -1.32. The lowest BCUT2D eigenvalue weighted by Gasteiger charge is -2.34. The van der Waals surface area contributed by atoms with Crippen molar-refractivity contribution >= 4 is 10.9 Å². The van der Waals surface area contributed by atoms with Gasteiger partial charge in [0, 0.05) is 32.0 Å². The number of nitrogens with zero attached hydrogens (tertiary/aromatic N) is 2. The zero-order valence-electron chi connectivity index (χ0n) is 13.5. The molecule has 0 spiro atoms. The van der Waals surface area contributed by atoms with E-state index in [1.165, 1.54) is 48.7 Å². The summed E-state index contributed by atoms with van der Waals surface area (Å²) in [6.07, 6.45) is 7.26. The molecule has 4 rings (SSSR count). The van der Waals surface area contributed by atoms with E-state index >= 15 is 0 Å². The van der Waals surface area contributed by atoms with Crippen molar-refractivity contribution < 1.29 is 4.74 Å². The molecule has 0 N–H and O–H groups in total. The van der Waals surface area contributed by atoms with Crippen molar-refractivity contribution in [1.82, 2.24) is 9.47 Å². The van der Waals surface area contributed by atoms with Gasteiger partial charge in [0.15, 0.2) is 0 Å². The van der Waals surface area contributed by atoms with Gasteiger partial charge in [0.25, 0.3) is 0 Å². The number of rotatable bonds is 4. The topological polar surface area (TPSA) is 17.4 Å². The summed E-state index contributed by atoms with van der Waals surface area (Å²) in [5, 5.41) is 1.39. The molecule has 0 unspecified atom stereocenters. The molecular formula is C19H26N2O. The Morgan fingerprint density at radius 3 is 2.95 bits per heavy atom. The molecule has 2 aliphatic rings. The minimum Gasteiger partial charge on any atom is -0.381 e. The molecule has 1 aromatic carbocycles. The van der Waals surface area contributed by atoms with E-state index in [2.05, 4.69) is 47.0 Å². The average molecular weight is 298 g/mol. The normalized spacial score (nSPS) is 22.5. The number of benzene rings is 1. The first-order chi connectivity index (χ1) is 10.8. The molecule has 1 saturated heterocycles. The molecule has 3 heteroatoms. The summed E-state index contributed by atoms with van der Waals surface area (Å²) < 4.78 is 7.92. The number of ether oxygens (including phenoxy) is 1. The van der Waals surface area contributed by atoms with Crippen molar-refractivity contribution in [1.29, 1.82) is 0 Å². The predicted octanol–water partition coefficient (Wildman–Crippen LogP) is 3.31. The summed E-state index contributed by atoms with van der Waals surface area (Å²) >= 11 is 0. The van der Waals surface area contributed by atoms with E-state index in [-0.39, 0.29) is 0 Å². The lowest BCUT2D eigenvalue weighted by Crippen LogP contribution is -2.40. The third-order valence-electron chi connectivity index (χ3n) is 5.59. The molecule has 3 heterocycles. The van der Waals surface area contributed by atoms with Crippen molar-refractivity contribution in [2.45, 2.75) is 38.3 Å². The van der Waals surface area contributed by atoms with Crippen LogP contribution in [0.15, 0.2) is 30.5 Å². The number of likely N-dealkylation sites (N-methyl/N-ethyl adjacent to an activating group) is 1. The van der Waals surface area contributed by atoms with Gasteiger partial charge < -0.3 is 14.2 Å². The first kappa shape index (κ1) is 14.3. The first-order valence-electron chi connectivity index (χ1n) is 8.66. The molecule has 0 saturated carbocycles. The van der Waals surface area contributed by atoms with Gasteiger partial charge in [0.05, 0.1) is 5.52 Å². The van der Waals surface area contributed by atoms with Gasteiger partial charge in [-0.2, -0.15) is 0 Å². The van der Waals surface area contributed by atoms with Gasteiger partial charge >= 0.3 is 0 Å². The highest BCUT2D eigenvalue weighted by molar-refractivity contribution is 5.84. The molecule has 118 valence electrons. The fourth-order valence-electron chi connectivity index (χ4n) is 4.10.